The lowest BCUT2D eigenvalue weighted by atomic mass is 9.92. The Morgan fingerprint density at radius 1 is 1.33 bits per heavy atom. The molecule has 9 heteroatoms. The highest BCUT2D eigenvalue weighted by molar-refractivity contribution is 5.97. The Labute approximate surface area is 151 Å². The van der Waals surface area contributed by atoms with E-state index in [4.69, 9.17) is 10.8 Å². The predicted molar refractivity (Wildman–Crippen MR) is 96.2 cm³/mol. The van der Waals surface area contributed by atoms with E-state index in [9.17, 15) is 14.0 Å². The number of aryl methyl sites for hydroxylation is 1. The third-order valence-electron chi connectivity index (χ3n) is 4.75. The molecule has 0 spiro atoms. The van der Waals surface area contributed by atoms with E-state index in [1.807, 2.05) is 0 Å². The van der Waals surface area contributed by atoms with E-state index in [1.54, 1.807) is 6.92 Å². The fourth-order valence-electron chi connectivity index (χ4n) is 3.55. The van der Waals surface area contributed by atoms with Gasteiger partial charge in [0.2, 0.25) is 5.43 Å². The van der Waals surface area contributed by atoms with Crippen molar-refractivity contribution in [2.24, 2.45) is 12.8 Å². The van der Waals surface area contributed by atoms with Crippen molar-refractivity contribution in [3.63, 3.8) is 0 Å². The van der Waals surface area contributed by atoms with Gasteiger partial charge in [0.05, 0.1) is 5.39 Å². The van der Waals surface area contributed by atoms with Crippen molar-refractivity contribution in [3.8, 4) is 0 Å². The molecule has 27 heavy (non-hydrogen) atoms. The number of aromatic carboxylic acids is 1. The summed E-state index contributed by atoms with van der Waals surface area (Å²) in [6.45, 7) is 2.41. The number of pyridine rings is 2. The van der Waals surface area contributed by atoms with Gasteiger partial charge in [0, 0.05) is 37.3 Å². The molecule has 3 heterocycles. The van der Waals surface area contributed by atoms with Crippen molar-refractivity contribution in [2.75, 3.05) is 18.0 Å². The van der Waals surface area contributed by atoms with Crippen LogP contribution in [0.1, 0.15) is 17.3 Å². The average molecular weight is 374 g/mol. The van der Waals surface area contributed by atoms with E-state index < -0.39 is 34.1 Å². The molecule has 0 atom stereocenters. The number of carboxylic acids is 1. The van der Waals surface area contributed by atoms with Crippen molar-refractivity contribution in [3.05, 3.63) is 45.8 Å². The molecule has 1 fully saturated rings. The van der Waals surface area contributed by atoms with Gasteiger partial charge in [-0.1, -0.05) is 0 Å². The molecule has 0 amide bonds. The number of anilines is 1. The maximum Gasteiger partial charge on any atom is 0.341 e. The van der Waals surface area contributed by atoms with Crippen molar-refractivity contribution in [2.45, 2.75) is 12.5 Å². The predicted octanol–water partition coefficient (Wildman–Crippen LogP) is 1.60. The van der Waals surface area contributed by atoms with E-state index in [0.29, 0.717) is 13.1 Å². The van der Waals surface area contributed by atoms with Crippen molar-refractivity contribution >= 4 is 33.6 Å². The zero-order valence-corrected chi connectivity index (χ0v) is 14.6. The van der Waals surface area contributed by atoms with Gasteiger partial charge in [0.15, 0.2) is 5.82 Å². The Balaban J connectivity index is 2.00. The minimum Gasteiger partial charge on any atom is -0.477 e. The van der Waals surface area contributed by atoms with E-state index in [-0.39, 0.29) is 27.6 Å². The molecule has 0 bridgehead atoms. The Hall–Kier alpha value is -3.07. The van der Waals surface area contributed by atoms with Gasteiger partial charge in [-0.3, -0.25) is 4.79 Å². The summed E-state index contributed by atoms with van der Waals surface area (Å²) < 4.78 is 31.0. The number of carboxylic acid groups (broad SMARTS) is 1. The van der Waals surface area contributed by atoms with Crippen LogP contribution < -0.4 is 16.1 Å². The molecule has 1 aromatic carbocycles. The van der Waals surface area contributed by atoms with Crippen LogP contribution in [0.4, 0.5) is 14.5 Å². The quantitative estimate of drug-likeness (QED) is 0.661. The summed E-state index contributed by atoms with van der Waals surface area (Å²) in [5, 5.41) is 9.22. The number of hydrogen-bond acceptors (Lipinski definition) is 5. The maximum atomic E-state index is 15.1. The van der Waals surface area contributed by atoms with E-state index in [2.05, 4.69) is 4.98 Å². The summed E-state index contributed by atoms with van der Waals surface area (Å²) in [5.41, 5.74) is 4.03. The topological polar surface area (TPSA) is 101 Å². The SMILES string of the molecule is Cn1cc(C(=O)O)c(=O)c2cc3cc(F)c(N4CC(C)(N)C4)c(F)c3nc21. The molecule has 2 aromatic heterocycles. The van der Waals surface area contributed by atoms with Crippen molar-refractivity contribution in [1.82, 2.24) is 9.55 Å². The summed E-state index contributed by atoms with van der Waals surface area (Å²) >= 11 is 0. The van der Waals surface area contributed by atoms with Gasteiger partial charge >= 0.3 is 5.97 Å². The van der Waals surface area contributed by atoms with Crippen LogP contribution in [0.15, 0.2) is 23.1 Å². The van der Waals surface area contributed by atoms with Gasteiger partial charge in [-0.25, -0.2) is 18.6 Å². The normalized spacial score (nSPS) is 16.0. The molecule has 7 nitrogen and oxygen atoms in total. The first-order valence-electron chi connectivity index (χ1n) is 8.18. The fourth-order valence-corrected chi connectivity index (χ4v) is 3.55. The third-order valence-corrected chi connectivity index (χ3v) is 4.75. The minimum absolute atomic E-state index is 0.0186. The summed E-state index contributed by atoms with van der Waals surface area (Å²) in [7, 11) is 1.50. The summed E-state index contributed by atoms with van der Waals surface area (Å²) in [4.78, 5) is 29.3. The highest BCUT2D eigenvalue weighted by Crippen LogP contribution is 2.35. The van der Waals surface area contributed by atoms with Crippen LogP contribution in [-0.2, 0) is 7.05 Å². The van der Waals surface area contributed by atoms with Gasteiger partial charge in [-0.15, -0.1) is 0 Å². The molecule has 1 saturated heterocycles. The van der Waals surface area contributed by atoms with Crippen LogP contribution >= 0.6 is 0 Å². The highest BCUT2D eigenvalue weighted by Gasteiger charge is 2.38. The van der Waals surface area contributed by atoms with Gasteiger partial charge in [-0.05, 0) is 19.1 Å². The molecule has 4 rings (SSSR count). The molecule has 0 saturated carbocycles. The van der Waals surface area contributed by atoms with Crippen LogP contribution in [0.5, 0.6) is 0 Å². The summed E-state index contributed by atoms with van der Waals surface area (Å²) in [6.07, 6.45) is 1.13. The van der Waals surface area contributed by atoms with E-state index >= 15 is 4.39 Å². The number of nitrogens with two attached hydrogens (primary N) is 1. The largest absolute Gasteiger partial charge is 0.477 e. The Morgan fingerprint density at radius 3 is 2.59 bits per heavy atom. The second-order valence-electron chi connectivity index (χ2n) is 7.25. The number of aromatic nitrogens is 2. The number of rotatable bonds is 2. The molecule has 0 radical (unpaired) electrons. The molecule has 1 aliphatic rings. The van der Waals surface area contributed by atoms with Crippen LogP contribution in [0.3, 0.4) is 0 Å². The second-order valence-corrected chi connectivity index (χ2v) is 7.25. The van der Waals surface area contributed by atoms with E-state index in [1.165, 1.54) is 22.6 Å². The van der Waals surface area contributed by atoms with Gasteiger partial charge in [0.25, 0.3) is 0 Å². The molecule has 3 N–H and O–H groups in total. The molecule has 1 aliphatic heterocycles. The smallest absolute Gasteiger partial charge is 0.341 e. The van der Waals surface area contributed by atoms with Crippen LogP contribution in [0.25, 0.3) is 21.9 Å². The number of carbonyl (C=O) groups is 1. The fraction of sp³-hybridized carbons (Fsp3) is 0.278. The first-order chi connectivity index (χ1) is 12.6. The van der Waals surface area contributed by atoms with Gasteiger partial charge < -0.3 is 20.3 Å². The highest BCUT2D eigenvalue weighted by atomic mass is 19.1. The van der Waals surface area contributed by atoms with Crippen LogP contribution in [-0.4, -0.2) is 39.3 Å². The second kappa shape index (κ2) is 5.46. The first-order valence-corrected chi connectivity index (χ1v) is 8.18. The molecule has 0 aliphatic carbocycles. The molecular formula is C18H16F2N4O3. The molecule has 0 unspecified atom stereocenters. The Morgan fingerprint density at radius 2 is 2.00 bits per heavy atom. The maximum absolute atomic E-state index is 15.1. The zero-order valence-electron chi connectivity index (χ0n) is 14.6. The van der Waals surface area contributed by atoms with Gasteiger partial charge in [0.1, 0.15) is 28.2 Å². The number of nitrogens with zero attached hydrogens (tertiary/aromatic N) is 3. The van der Waals surface area contributed by atoms with Crippen LogP contribution in [0, 0.1) is 11.6 Å². The molecular weight excluding hydrogens is 358 g/mol. The minimum atomic E-state index is -1.38. The van der Waals surface area contributed by atoms with Crippen molar-refractivity contribution in [1.29, 1.82) is 0 Å². The number of hydrogen-bond donors (Lipinski definition) is 2. The lowest BCUT2D eigenvalue weighted by molar-refractivity contribution is 0.0695. The Bertz CT molecular complexity index is 1200. The van der Waals surface area contributed by atoms with Gasteiger partial charge in [-0.2, -0.15) is 0 Å². The lowest BCUT2D eigenvalue weighted by Gasteiger charge is -2.47. The summed E-state index contributed by atoms with van der Waals surface area (Å²) in [6, 6.07) is 2.37. The average Bonchev–Trinajstić information content (AvgIpc) is 2.55. The summed E-state index contributed by atoms with van der Waals surface area (Å²) in [5.74, 6) is -3.01. The monoisotopic (exact) mass is 374 g/mol. The first kappa shape index (κ1) is 17.3. The molecule has 3 aromatic rings. The van der Waals surface area contributed by atoms with E-state index in [0.717, 1.165) is 12.3 Å². The molecule has 140 valence electrons. The number of benzene rings is 1. The Kier molecular flexibility index (Phi) is 3.51. The lowest BCUT2D eigenvalue weighted by Crippen LogP contribution is -2.66. The third kappa shape index (κ3) is 2.54. The number of fused-ring (bicyclic) bond motifs is 2. The standard InChI is InChI=1S/C18H16F2N4O3/c1-18(21)6-24(7-18)14-11(19)4-8-3-9-15(25)10(17(26)27)5-23(2)16(9)22-13(8)12(14)20/h3-5H,6-7,21H2,1-2H3,(H,26,27). The number of halogens is 2. The zero-order chi connectivity index (χ0) is 19.7. The van der Waals surface area contributed by atoms with Crippen molar-refractivity contribution < 1.29 is 18.7 Å². The van der Waals surface area contributed by atoms with Crippen LogP contribution in [0.2, 0.25) is 0 Å².